The van der Waals surface area contributed by atoms with E-state index in [1.807, 2.05) is 11.8 Å². The maximum atomic E-state index is 12.8. The average Bonchev–Trinajstić information content (AvgIpc) is 3.16. The van der Waals surface area contributed by atoms with Gasteiger partial charge in [-0.3, -0.25) is 9.59 Å². The third kappa shape index (κ3) is 1.87. The average molecular weight is 264 g/mol. The van der Waals surface area contributed by atoms with Gasteiger partial charge in [0.05, 0.1) is 0 Å². The highest BCUT2D eigenvalue weighted by Gasteiger charge is 2.54. The summed E-state index contributed by atoms with van der Waals surface area (Å²) >= 11 is 0. The summed E-state index contributed by atoms with van der Waals surface area (Å²) in [5.74, 6) is 0.653. The van der Waals surface area contributed by atoms with Gasteiger partial charge in [0.2, 0.25) is 11.8 Å². The summed E-state index contributed by atoms with van der Waals surface area (Å²) in [6.07, 6.45) is 7.17. The van der Waals surface area contributed by atoms with Crippen molar-refractivity contribution >= 4 is 11.8 Å². The standard InChI is InChI=1S/C15H24N2O2/c1-3-11-13(18)16-12(10-6-7-10)14(19)17(11)15(4-2)8-5-9-15/h10-12H,3-9H2,1-2H3,(H,16,18). The van der Waals surface area contributed by atoms with Crippen LogP contribution < -0.4 is 5.32 Å². The molecule has 2 amide bonds. The van der Waals surface area contributed by atoms with Crippen molar-refractivity contribution in [1.29, 1.82) is 0 Å². The van der Waals surface area contributed by atoms with Gasteiger partial charge in [-0.25, -0.2) is 0 Å². The van der Waals surface area contributed by atoms with Gasteiger partial charge in [-0.15, -0.1) is 0 Å². The quantitative estimate of drug-likeness (QED) is 0.842. The molecule has 4 heteroatoms. The molecule has 0 radical (unpaired) electrons. The third-order valence-electron chi connectivity index (χ3n) is 5.35. The fourth-order valence-electron chi connectivity index (χ4n) is 3.76. The number of hydrogen-bond donors (Lipinski definition) is 1. The fraction of sp³-hybridized carbons (Fsp3) is 0.867. The minimum atomic E-state index is -0.247. The van der Waals surface area contributed by atoms with Gasteiger partial charge in [0.15, 0.2) is 0 Å². The molecule has 2 saturated carbocycles. The number of rotatable bonds is 4. The topological polar surface area (TPSA) is 49.4 Å². The number of amides is 2. The van der Waals surface area contributed by atoms with Gasteiger partial charge in [-0.1, -0.05) is 13.8 Å². The van der Waals surface area contributed by atoms with E-state index in [2.05, 4.69) is 12.2 Å². The zero-order valence-corrected chi connectivity index (χ0v) is 11.9. The largest absolute Gasteiger partial charge is 0.342 e. The summed E-state index contributed by atoms with van der Waals surface area (Å²) in [5, 5.41) is 2.97. The smallest absolute Gasteiger partial charge is 0.246 e. The van der Waals surface area contributed by atoms with Crippen LogP contribution in [0.1, 0.15) is 58.8 Å². The molecule has 0 aromatic heterocycles. The van der Waals surface area contributed by atoms with Crippen molar-refractivity contribution in [3.63, 3.8) is 0 Å². The summed E-state index contributed by atoms with van der Waals surface area (Å²) in [7, 11) is 0. The van der Waals surface area contributed by atoms with Gasteiger partial charge >= 0.3 is 0 Å². The van der Waals surface area contributed by atoms with E-state index >= 15 is 0 Å². The first kappa shape index (κ1) is 12.9. The Morgan fingerprint density at radius 1 is 1.26 bits per heavy atom. The number of nitrogens with one attached hydrogen (secondary N) is 1. The van der Waals surface area contributed by atoms with Crippen LogP contribution in [0, 0.1) is 5.92 Å². The lowest BCUT2D eigenvalue weighted by Crippen LogP contribution is -2.71. The highest BCUT2D eigenvalue weighted by molar-refractivity contribution is 5.97. The van der Waals surface area contributed by atoms with Gasteiger partial charge in [-0.2, -0.15) is 0 Å². The first-order valence-electron chi connectivity index (χ1n) is 7.76. The number of carbonyl (C=O) groups is 2. The van der Waals surface area contributed by atoms with E-state index in [9.17, 15) is 9.59 Å². The van der Waals surface area contributed by atoms with E-state index in [-0.39, 0.29) is 29.4 Å². The minimum Gasteiger partial charge on any atom is -0.342 e. The Kier molecular flexibility index (Phi) is 3.06. The molecular weight excluding hydrogens is 240 g/mol. The Morgan fingerprint density at radius 2 is 1.95 bits per heavy atom. The zero-order valence-electron chi connectivity index (χ0n) is 11.9. The molecular formula is C15H24N2O2. The second-order valence-corrected chi connectivity index (χ2v) is 6.39. The van der Waals surface area contributed by atoms with Crippen LogP contribution in [0.5, 0.6) is 0 Å². The third-order valence-corrected chi connectivity index (χ3v) is 5.35. The first-order chi connectivity index (χ1) is 9.13. The Balaban J connectivity index is 1.91. The molecule has 1 saturated heterocycles. The molecule has 0 aromatic carbocycles. The van der Waals surface area contributed by atoms with Crippen LogP contribution >= 0.6 is 0 Å². The number of piperazine rings is 1. The van der Waals surface area contributed by atoms with Crippen LogP contribution in [0.3, 0.4) is 0 Å². The maximum absolute atomic E-state index is 12.8. The highest BCUT2D eigenvalue weighted by Crippen LogP contribution is 2.45. The van der Waals surface area contributed by atoms with Gasteiger partial charge in [0, 0.05) is 5.54 Å². The van der Waals surface area contributed by atoms with E-state index in [1.165, 1.54) is 6.42 Å². The van der Waals surface area contributed by atoms with Crippen LogP contribution in [-0.2, 0) is 9.59 Å². The second kappa shape index (κ2) is 4.50. The Labute approximate surface area is 114 Å². The molecule has 4 nitrogen and oxygen atoms in total. The molecule has 3 aliphatic rings. The zero-order chi connectivity index (χ0) is 13.6. The molecule has 2 unspecified atom stereocenters. The summed E-state index contributed by atoms with van der Waals surface area (Å²) in [5.41, 5.74) is -0.0251. The SMILES string of the molecule is CCC1C(=O)NC(C2CC2)C(=O)N1C1(CC)CCC1. The molecule has 0 bridgehead atoms. The van der Waals surface area contributed by atoms with Crippen molar-refractivity contribution in [3.8, 4) is 0 Å². The summed E-state index contributed by atoms with van der Waals surface area (Å²) in [6.45, 7) is 4.15. The normalized spacial score (nSPS) is 33.9. The Hall–Kier alpha value is -1.06. The van der Waals surface area contributed by atoms with Crippen molar-refractivity contribution in [3.05, 3.63) is 0 Å². The van der Waals surface area contributed by atoms with Crippen molar-refractivity contribution < 1.29 is 9.59 Å². The van der Waals surface area contributed by atoms with Gasteiger partial charge < -0.3 is 10.2 Å². The lowest BCUT2D eigenvalue weighted by molar-refractivity contribution is -0.163. The van der Waals surface area contributed by atoms with E-state index in [0.717, 1.165) is 38.5 Å². The molecule has 19 heavy (non-hydrogen) atoms. The molecule has 1 aliphatic heterocycles. The van der Waals surface area contributed by atoms with Gasteiger partial charge in [0.1, 0.15) is 12.1 Å². The summed E-state index contributed by atoms with van der Waals surface area (Å²) < 4.78 is 0. The van der Waals surface area contributed by atoms with Crippen LogP contribution in [0.4, 0.5) is 0 Å². The number of hydrogen-bond acceptors (Lipinski definition) is 2. The van der Waals surface area contributed by atoms with Crippen molar-refractivity contribution in [2.75, 3.05) is 0 Å². The molecule has 106 valence electrons. The predicted molar refractivity (Wildman–Crippen MR) is 72.5 cm³/mol. The molecule has 0 spiro atoms. The van der Waals surface area contributed by atoms with Crippen LogP contribution in [0.25, 0.3) is 0 Å². The van der Waals surface area contributed by atoms with Crippen LogP contribution in [0.2, 0.25) is 0 Å². The van der Waals surface area contributed by atoms with Crippen LogP contribution in [-0.4, -0.2) is 34.3 Å². The molecule has 2 aliphatic carbocycles. The summed E-state index contributed by atoms with van der Waals surface area (Å²) in [4.78, 5) is 27.1. The number of nitrogens with zero attached hydrogens (tertiary/aromatic N) is 1. The fourth-order valence-corrected chi connectivity index (χ4v) is 3.76. The monoisotopic (exact) mass is 264 g/mol. The van der Waals surface area contributed by atoms with E-state index in [4.69, 9.17) is 0 Å². The first-order valence-corrected chi connectivity index (χ1v) is 7.76. The van der Waals surface area contributed by atoms with Crippen LogP contribution in [0.15, 0.2) is 0 Å². The van der Waals surface area contributed by atoms with E-state index in [0.29, 0.717) is 5.92 Å². The molecule has 3 fully saturated rings. The lowest BCUT2D eigenvalue weighted by Gasteiger charge is -2.55. The van der Waals surface area contributed by atoms with Gasteiger partial charge in [0.25, 0.3) is 0 Å². The molecule has 2 atom stereocenters. The van der Waals surface area contributed by atoms with E-state index < -0.39 is 0 Å². The Morgan fingerprint density at radius 3 is 2.37 bits per heavy atom. The second-order valence-electron chi connectivity index (χ2n) is 6.39. The van der Waals surface area contributed by atoms with E-state index in [1.54, 1.807) is 0 Å². The minimum absolute atomic E-state index is 0.0251. The van der Waals surface area contributed by atoms with Gasteiger partial charge in [-0.05, 0) is 50.9 Å². The predicted octanol–water partition coefficient (Wildman–Crippen LogP) is 1.83. The number of carbonyl (C=O) groups excluding carboxylic acids is 2. The maximum Gasteiger partial charge on any atom is 0.246 e. The van der Waals surface area contributed by atoms with Crippen molar-refractivity contribution in [2.24, 2.45) is 5.92 Å². The highest BCUT2D eigenvalue weighted by atomic mass is 16.2. The summed E-state index contributed by atoms with van der Waals surface area (Å²) in [6, 6.07) is -0.484. The molecule has 3 rings (SSSR count). The van der Waals surface area contributed by atoms with Crippen molar-refractivity contribution in [1.82, 2.24) is 10.2 Å². The molecule has 1 N–H and O–H groups in total. The molecule has 0 aromatic rings. The molecule has 1 heterocycles. The lowest BCUT2D eigenvalue weighted by atomic mass is 9.71. The van der Waals surface area contributed by atoms with Crippen molar-refractivity contribution in [2.45, 2.75) is 76.4 Å². The Bertz CT molecular complexity index is 393.